The summed E-state index contributed by atoms with van der Waals surface area (Å²) < 4.78 is 7.08. The minimum atomic E-state index is -0.756. The number of nitrogens with zero attached hydrogens (tertiary/aromatic N) is 5. The van der Waals surface area contributed by atoms with Crippen LogP contribution in [-0.4, -0.2) is 69.2 Å². The number of likely N-dealkylation sites (tertiary alicyclic amines) is 1. The Hall–Kier alpha value is -3.65. The summed E-state index contributed by atoms with van der Waals surface area (Å²) in [5.74, 6) is 0.658. The predicted molar refractivity (Wildman–Crippen MR) is 128 cm³/mol. The summed E-state index contributed by atoms with van der Waals surface area (Å²) >= 11 is 0. The van der Waals surface area contributed by atoms with Crippen LogP contribution in [0.1, 0.15) is 24.0 Å². The molecule has 8 nitrogen and oxygen atoms in total. The molecular formula is C26H29N5O3. The van der Waals surface area contributed by atoms with Crippen LogP contribution < -0.4 is 4.74 Å². The van der Waals surface area contributed by atoms with Gasteiger partial charge >= 0.3 is 6.03 Å². The normalized spacial score (nSPS) is 18.2. The van der Waals surface area contributed by atoms with E-state index in [1.165, 1.54) is 4.90 Å². The molecule has 1 spiro atoms. The minimum Gasteiger partial charge on any atom is -0.497 e. The first-order chi connectivity index (χ1) is 16.5. The number of para-hydroxylation sites is 1. The molecule has 1 aromatic heterocycles. The molecule has 0 N–H and O–H groups in total. The monoisotopic (exact) mass is 459 g/mol. The molecule has 176 valence electrons. The molecule has 3 aromatic rings. The fourth-order valence-corrected chi connectivity index (χ4v) is 4.95. The third-order valence-corrected chi connectivity index (χ3v) is 7.05. The Bertz CT molecular complexity index is 1170. The molecule has 0 unspecified atom stereocenters. The van der Waals surface area contributed by atoms with Crippen LogP contribution in [0.2, 0.25) is 0 Å². The van der Waals surface area contributed by atoms with Crippen molar-refractivity contribution in [3.05, 3.63) is 78.1 Å². The number of methoxy groups -OCH3 is 1. The molecular weight excluding hydrogens is 430 g/mol. The lowest BCUT2D eigenvalue weighted by atomic mass is 9.86. The maximum absolute atomic E-state index is 13.5. The quantitative estimate of drug-likeness (QED) is 0.529. The van der Waals surface area contributed by atoms with E-state index in [0.29, 0.717) is 12.8 Å². The number of rotatable bonds is 6. The largest absolute Gasteiger partial charge is 0.497 e. The zero-order valence-corrected chi connectivity index (χ0v) is 19.6. The van der Waals surface area contributed by atoms with Gasteiger partial charge in [-0.2, -0.15) is 5.10 Å². The van der Waals surface area contributed by atoms with Crippen LogP contribution in [-0.2, 0) is 17.9 Å². The van der Waals surface area contributed by atoms with E-state index in [0.717, 1.165) is 42.2 Å². The average molecular weight is 460 g/mol. The third kappa shape index (κ3) is 3.94. The second-order valence-electron chi connectivity index (χ2n) is 9.02. The van der Waals surface area contributed by atoms with Gasteiger partial charge in [-0.05, 0) is 42.7 Å². The van der Waals surface area contributed by atoms with Gasteiger partial charge in [-0.1, -0.05) is 30.3 Å². The molecule has 2 fully saturated rings. The molecule has 0 atom stereocenters. The molecule has 3 amide bonds. The van der Waals surface area contributed by atoms with Crippen LogP contribution in [0.15, 0.2) is 67.0 Å². The fourth-order valence-electron chi connectivity index (χ4n) is 4.95. The van der Waals surface area contributed by atoms with Gasteiger partial charge in [-0.3, -0.25) is 14.6 Å². The molecule has 0 saturated carbocycles. The molecule has 2 saturated heterocycles. The van der Waals surface area contributed by atoms with Crippen LogP contribution in [0.3, 0.4) is 0 Å². The zero-order valence-electron chi connectivity index (χ0n) is 19.6. The zero-order chi connectivity index (χ0) is 23.7. The Morgan fingerprint density at radius 1 is 0.941 bits per heavy atom. The van der Waals surface area contributed by atoms with E-state index in [1.54, 1.807) is 19.1 Å². The van der Waals surface area contributed by atoms with Gasteiger partial charge in [0.1, 0.15) is 11.3 Å². The molecule has 0 bridgehead atoms. The summed E-state index contributed by atoms with van der Waals surface area (Å²) in [7, 11) is 3.37. The minimum absolute atomic E-state index is 0.0904. The summed E-state index contributed by atoms with van der Waals surface area (Å²) in [6, 6.07) is 17.3. The molecule has 0 aliphatic carbocycles. The molecule has 2 aliphatic rings. The van der Waals surface area contributed by atoms with E-state index < -0.39 is 5.54 Å². The third-order valence-electron chi connectivity index (χ3n) is 7.05. The van der Waals surface area contributed by atoms with Gasteiger partial charge in [0.05, 0.1) is 25.5 Å². The topological polar surface area (TPSA) is 70.9 Å². The molecule has 0 radical (unpaired) electrons. The van der Waals surface area contributed by atoms with E-state index in [4.69, 9.17) is 4.74 Å². The Kier molecular flexibility index (Phi) is 5.83. The Balaban J connectivity index is 1.23. The van der Waals surface area contributed by atoms with Crippen molar-refractivity contribution in [1.82, 2.24) is 24.5 Å². The first-order valence-corrected chi connectivity index (χ1v) is 11.5. The van der Waals surface area contributed by atoms with Gasteiger partial charge in [-0.25, -0.2) is 9.48 Å². The summed E-state index contributed by atoms with van der Waals surface area (Å²) in [6.45, 7) is 2.53. The SMILES string of the molecule is COc1ccc(CN2C(=O)N(C)C3(CCN(Cc4cnn(-c5ccccc5)c4)CC3)C2=O)cc1. The average Bonchev–Trinajstić information content (AvgIpc) is 3.41. The molecule has 2 aliphatic heterocycles. The van der Waals surface area contributed by atoms with Crippen molar-refractivity contribution in [3.63, 3.8) is 0 Å². The number of hydrogen-bond donors (Lipinski definition) is 0. The second kappa shape index (κ2) is 8.95. The first kappa shape index (κ1) is 22.2. The summed E-state index contributed by atoms with van der Waals surface area (Å²) in [6.07, 6.45) is 5.19. The van der Waals surface area contributed by atoms with Crippen molar-refractivity contribution in [2.45, 2.75) is 31.5 Å². The Labute approximate surface area is 199 Å². The standard InChI is InChI=1S/C26H29N5O3/c1-28-25(33)30(18-20-8-10-23(34-2)11-9-20)24(32)26(28)12-14-29(15-13-26)17-21-16-27-31(19-21)22-6-4-3-5-7-22/h3-11,16,19H,12-15,17-18H2,1-2H3. The maximum atomic E-state index is 13.5. The predicted octanol–water partition coefficient (Wildman–Crippen LogP) is 3.31. The Morgan fingerprint density at radius 3 is 2.32 bits per heavy atom. The number of imide groups is 1. The highest BCUT2D eigenvalue weighted by atomic mass is 16.5. The summed E-state index contributed by atoms with van der Waals surface area (Å²) in [5.41, 5.74) is 2.30. The highest BCUT2D eigenvalue weighted by molar-refractivity contribution is 6.06. The van der Waals surface area contributed by atoms with Gasteiger partial charge in [0.15, 0.2) is 0 Å². The smallest absolute Gasteiger partial charge is 0.327 e. The van der Waals surface area contributed by atoms with Gasteiger partial charge < -0.3 is 9.64 Å². The number of aromatic nitrogens is 2. The van der Waals surface area contributed by atoms with Crippen molar-refractivity contribution in [3.8, 4) is 11.4 Å². The fraction of sp³-hybridized carbons (Fsp3) is 0.346. The first-order valence-electron chi connectivity index (χ1n) is 11.5. The van der Waals surface area contributed by atoms with E-state index in [9.17, 15) is 9.59 Å². The molecule has 2 aromatic carbocycles. The van der Waals surface area contributed by atoms with Gasteiger partial charge in [0.25, 0.3) is 5.91 Å². The number of carbonyl (C=O) groups excluding carboxylic acids is 2. The number of carbonyl (C=O) groups is 2. The molecule has 5 rings (SSSR count). The number of amides is 3. The van der Waals surface area contributed by atoms with Crippen molar-refractivity contribution >= 4 is 11.9 Å². The number of urea groups is 1. The highest BCUT2D eigenvalue weighted by Gasteiger charge is 2.56. The van der Waals surface area contributed by atoms with E-state index in [-0.39, 0.29) is 18.5 Å². The van der Waals surface area contributed by atoms with Gasteiger partial charge in [0, 0.05) is 38.4 Å². The van der Waals surface area contributed by atoms with E-state index >= 15 is 0 Å². The van der Waals surface area contributed by atoms with Gasteiger partial charge in [-0.15, -0.1) is 0 Å². The lowest BCUT2D eigenvalue weighted by Gasteiger charge is -2.40. The van der Waals surface area contributed by atoms with Crippen LogP contribution in [0.25, 0.3) is 5.69 Å². The lowest BCUT2D eigenvalue weighted by molar-refractivity contribution is -0.135. The number of benzene rings is 2. The van der Waals surface area contributed by atoms with Crippen LogP contribution >= 0.6 is 0 Å². The number of piperidine rings is 1. The highest BCUT2D eigenvalue weighted by Crippen LogP contribution is 2.37. The van der Waals surface area contributed by atoms with Crippen molar-refractivity contribution in [2.75, 3.05) is 27.2 Å². The molecule has 34 heavy (non-hydrogen) atoms. The van der Waals surface area contributed by atoms with Crippen molar-refractivity contribution in [1.29, 1.82) is 0 Å². The summed E-state index contributed by atoms with van der Waals surface area (Å²) in [4.78, 5) is 31.8. The van der Waals surface area contributed by atoms with Crippen LogP contribution in [0.5, 0.6) is 5.75 Å². The second-order valence-corrected chi connectivity index (χ2v) is 9.02. The number of ether oxygens (including phenoxy) is 1. The maximum Gasteiger partial charge on any atom is 0.327 e. The van der Waals surface area contributed by atoms with Gasteiger partial charge in [0.2, 0.25) is 0 Å². The van der Waals surface area contributed by atoms with Crippen molar-refractivity contribution in [2.24, 2.45) is 0 Å². The van der Waals surface area contributed by atoms with Crippen LogP contribution in [0, 0.1) is 0 Å². The van der Waals surface area contributed by atoms with Crippen LogP contribution in [0.4, 0.5) is 4.79 Å². The molecule has 3 heterocycles. The van der Waals surface area contributed by atoms with E-state index in [2.05, 4.69) is 10.00 Å². The summed E-state index contributed by atoms with van der Waals surface area (Å²) in [5, 5.41) is 4.49. The van der Waals surface area contributed by atoms with E-state index in [1.807, 2.05) is 71.7 Å². The lowest BCUT2D eigenvalue weighted by Crippen LogP contribution is -2.55. The molecule has 8 heteroatoms. The number of hydrogen-bond acceptors (Lipinski definition) is 5. The Morgan fingerprint density at radius 2 is 1.65 bits per heavy atom. The number of likely N-dealkylation sites (N-methyl/N-ethyl adjacent to an activating group) is 1. The van der Waals surface area contributed by atoms with Crippen molar-refractivity contribution < 1.29 is 14.3 Å².